The standard InChI is InChI=1S/C16H12N2O5/c19-11-6-10(12(20)14-13(11)23-14)18-16(22)8-5-7-3-1-2-4-9(7)17-15(8)21/h1-6,12-14,20H,(H,17,21)(H,18,22)/t12-,13+,14-/m0/s1. The minimum atomic E-state index is -1.08. The quantitative estimate of drug-likeness (QED) is 0.668. The summed E-state index contributed by atoms with van der Waals surface area (Å²) in [6.45, 7) is 0. The number of amides is 1. The lowest BCUT2D eigenvalue weighted by atomic mass is 10.0. The maximum absolute atomic E-state index is 12.3. The average Bonchev–Trinajstić information content (AvgIpc) is 3.33. The molecule has 1 amide bonds. The number of aliphatic hydroxyl groups is 1. The summed E-state index contributed by atoms with van der Waals surface area (Å²) in [5.41, 5.74) is 0.0312. The van der Waals surface area contributed by atoms with Crippen molar-refractivity contribution in [3.8, 4) is 0 Å². The Morgan fingerprint density at radius 3 is 2.87 bits per heavy atom. The Morgan fingerprint density at radius 1 is 1.26 bits per heavy atom. The fourth-order valence-corrected chi connectivity index (χ4v) is 2.72. The van der Waals surface area contributed by atoms with Gasteiger partial charge in [0, 0.05) is 11.6 Å². The van der Waals surface area contributed by atoms with Crippen molar-refractivity contribution in [2.75, 3.05) is 0 Å². The van der Waals surface area contributed by atoms with Gasteiger partial charge in [0.1, 0.15) is 23.9 Å². The molecule has 1 aliphatic heterocycles. The first kappa shape index (κ1) is 13.9. The van der Waals surface area contributed by atoms with Gasteiger partial charge in [0.2, 0.25) is 0 Å². The van der Waals surface area contributed by atoms with Crippen LogP contribution in [0.15, 0.2) is 46.9 Å². The van der Waals surface area contributed by atoms with Gasteiger partial charge in [-0.05, 0) is 17.5 Å². The minimum absolute atomic E-state index is 0.0475. The summed E-state index contributed by atoms with van der Waals surface area (Å²) in [5.74, 6) is -0.989. The summed E-state index contributed by atoms with van der Waals surface area (Å²) in [5, 5.41) is 13.1. The van der Waals surface area contributed by atoms with E-state index >= 15 is 0 Å². The Bertz CT molecular complexity index is 929. The third-order valence-electron chi connectivity index (χ3n) is 3.99. The zero-order valence-corrected chi connectivity index (χ0v) is 11.8. The number of aromatic amines is 1. The number of carbonyl (C=O) groups is 2. The molecule has 3 atom stereocenters. The first-order valence-electron chi connectivity index (χ1n) is 7.07. The molecule has 4 rings (SSSR count). The number of ketones is 1. The fraction of sp³-hybridized carbons (Fsp3) is 0.188. The molecule has 116 valence electrons. The van der Waals surface area contributed by atoms with Gasteiger partial charge in [-0.1, -0.05) is 18.2 Å². The van der Waals surface area contributed by atoms with Crippen molar-refractivity contribution in [1.29, 1.82) is 0 Å². The van der Waals surface area contributed by atoms with Crippen molar-refractivity contribution in [3.05, 3.63) is 58.0 Å². The molecule has 2 aromatic rings. The molecule has 2 heterocycles. The number of para-hydroxylation sites is 1. The second kappa shape index (κ2) is 4.87. The van der Waals surface area contributed by atoms with Crippen LogP contribution in [0.3, 0.4) is 0 Å². The molecule has 0 unspecified atom stereocenters. The number of carbonyl (C=O) groups excluding carboxylic acids is 2. The summed E-state index contributed by atoms with van der Waals surface area (Å²) < 4.78 is 5.03. The molecule has 0 spiro atoms. The van der Waals surface area contributed by atoms with Crippen LogP contribution in [-0.2, 0) is 9.53 Å². The molecule has 1 aliphatic carbocycles. The van der Waals surface area contributed by atoms with Crippen molar-refractivity contribution in [3.63, 3.8) is 0 Å². The molecule has 0 saturated carbocycles. The number of pyridine rings is 1. The number of ether oxygens (including phenoxy) is 1. The Morgan fingerprint density at radius 2 is 2.04 bits per heavy atom. The van der Waals surface area contributed by atoms with Crippen LogP contribution in [0, 0.1) is 0 Å². The largest absolute Gasteiger partial charge is 0.384 e. The summed E-state index contributed by atoms with van der Waals surface area (Å²) >= 11 is 0. The summed E-state index contributed by atoms with van der Waals surface area (Å²) in [7, 11) is 0. The van der Waals surface area contributed by atoms with E-state index in [0.29, 0.717) is 10.9 Å². The molecular weight excluding hydrogens is 300 g/mol. The molecule has 7 heteroatoms. The molecule has 1 aromatic heterocycles. The van der Waals surface area contributed by atoms with Gasteiger partial charge in [0.05, 0.1) is 5.70 Å². The maximum Gasteiger partial charge on any atom is 0.261 e. The zero-order chi connectivity index (χ0) is 16.1. The lowest BCUT2D eigenvalue weighted by Crippen LogP contribution is -2.39. The van der Waals surface area contributed by atoms with E-state index in [9.17, 15) is 19.5 Å². The van der Waals surface area contributed by atoms with Crippen molar-refractivity contribution < 1.29 is 19.4 Å². The van der Waals surface area contributed by atoms with E-state index in [4.69, 9.17) is 4.74 Å². The van der Waals surface area contributed by atoms with E-state index in [0.717, 1.165) is 6.08 Å². The number of aliphatic hydroxyl groups excluding tert-OH is 1. The number of rotatable bonds is 2. The van der Waals surface area contributed by atoms with Crippen LogP contribution in [0.4, 0.5) is 0 Å². The second-order valence-electron chi connectivity index (χ2n) is 5.52. The number of aromatic nitrogens is 1. The van der Waals surface area contributed by atoms with Crippen molar-refractivity contribution in [2.45, 2.75) is 18.3 Å². The van der Waals surface area contributed by atoms with Gasteiger partial charge in [0.25, 0.3) is 11.5 Å². The van der Waals surface area contributed by atoms with Gasteiger partial charge in [-0.15, -0.1) is 0 Å². The van der Waals surface area contributed by atoms with Crippen LogP contribution < -0.4 is 10.9 Å². The highest BCUT2D eigenvalue weighted by atomic mass is 16.6. The van der Waals surface area contributed by atoms with E-state index in [2.05, 4.69) is 10.3 Å². The number of benzene rings is 1. The van der Waals surface area contributed by atoms with Gasteiger partial charge in [-0.3, -0.25) is 14.4 Å². The van der Waals surface area contributed by atoms with Crippen molar-refractivity contribution >= 4 is 22.6 Å². The first-order valence-corrected chi connectivity index (χ1v) is 7.07. The predicted octanol–water partition coefficient (Wildman–Crippen LogP) is -0.147. The van der Waals surface area contributed by atoms with Gasteiger partial charge in [0.15, 0.2) is 5.78 Å². The molecule has 2 aliphatic rings. The Kier molecular flexibility index (Phi) is 2.93. The Hall–Kier alpha value is -2.77. The van der Waals surface area contributed by atoms with Gasteiger partial charge < -0.3 is 20.1 Å². The zero-order valence-electron chi connectivity index (χ0n) is 11.8. The van der Waals surface area contributed by atoms with Crippen LogP contribution in [0.25, 0.3) is 10.9 Å². The molecule has 1 aromatic carbocycles. The minimum Gasteiger partial charge on any atom is -0.384 e. The molecule has 0 bridgehead atoms. The van der Waals surface area contributed by atoms with Gasteiger partial charge >= 0.3 is 0 Å². The lowest BCUT2D eigenvalue weighted by Gasteiger charge is -2.16. The Balaban J connectivity index is 1.66. The van der Waals surface area contributed by atoms with Gasteiger partial charge in [-0.25, -0.2) is 0 Å². The Labute approximate surface area is 129 Å². The topological polar surface area (TPSA) is 112 Å². The van der Waals surface area contributed by atoms with Gasteiger partial charge in [-0.2, -0.15) is 0 Å². The highest BCUT2D eigenvalue weighted by Gasteiger charge is 2.53. The average molecular weight is 312 g/mol. The first-order chi connectivity index (χ1) is 11.0. The summed E-state index contributed by atoms with van der Waals surface area (Å²) in [4.78, 5) is 38.6. The number of fused-ring (bicyclic) bond motifs is 2. The van der Waals surface area contributed by atoms with E-state index in [1.165, 1.54) is 6.07 Å². The van der Waals surface area contributed by atoms with Crippen molar-refractivity contribution in [1.82, 2.24) is 10.3 Å². The predicted molar refractivity (Wildman–Crippen MR) is 79.8 cm³/mol. The van der Waals surface area contributed by atoms with Crippen molar-refractivity contribution in [2.24, 2.45) is 0 Å². The molecule has 3 N–H and O–H groups in total. The number of hydrogen-bond donors (Lipinski definition) is 3. The van der Waals surface area contributed by atoms with Crippen LogP contribution in [-0.4, -0.2) is 40.1 Å². The van der Waals surface area contributed by atoms with Crippen LogP contribution in [0.5, 0.6) is 0 Å². The molecule has 7 nitrogen and oxygen atoms in total. The van der Waals surface area contributed by atoms with E-state index in [1.54, 1.807) is 24.3 Å². The number of epoxide rings is 1. The number of nitrogens with one attached hydrogen (secondary N) is 2. The van der Waals surface area contributed by atoms with E-state index < -0.39 is 29.8 Å². The normalized spacial score (nSPS) is 25.7. The number of H-pyrrole nitrogens is 1. The van der Waals surface area contributed by atoms with E-state index in [1.807, 2.05) is 0 Å². The molecule has 1 saturated heterocycles. The summed E-state index contributed by atoms with van der Waals surface area (Å²) in [6, 6.07) is 8.54. The molecule has 1 fully saturated rings. The number of hydrogen-bond acceptors (Lipinski definition) is 5. The van der Waals surface area contributed by atoms with Crippen LogP contribution in [0.2, 0.25) is 0 Å². The fourth-order valence-electron chi connectivity index (χ4n) is 2.72. The summed E-state index contributed by atoms with van der Waals surface area (Å²) in [6.07, 6.45) is -1.17. The second-order valence-corrected chi connectivity index (χ2v) is 5.52. The molecule has 23 heavy (non-hydrogen) atoms. The third kappa shape index (κ3) is 2.26. The highest BCUT2D eigenvalue weighted by Crippen LogP contribution is 2.33. The third-order valence-corrected chi connectivity index (χ3v) is 3.99. The van der Waals surface area contributed by atoms with Crippen LogP contribution in [0.1, 0.15) is 10.4 Å². The molecule has 0 radical (unpaired) electrons. The monoisotopic (exact) mass is 312 g/mol. The smallest absolute Gasteiger partial charge is 0.261 e. The highest BCUT2D eigenvalue weighted by molar-refractivity contribution is 6.01. The SMILES string of the molecule is O=C(NC1=CC(=O)[C@H]2O[C@H]2[C@H]1O)c1cc2ccccc2[nH]c1=O. The maximum atomic E-state index is 12.3. The van der Waals surface area contributed by atoms with Crippen LogP contribution >= 0.6 is 0 Å². The lowest BCUT2D eigenvalue weighted by molar-refractivity contribution is -0.116. The molecular formula is C16H12N2O5. The van der Waals surface area contributed by atoms with E-state index in [-0.39, 0.29) is 17.0 Å².